The maximum atomic E-state index is 7.48. The van der Waals surface area contributed by atoms with Gasteiger partial charge in [0, 0.05) is 6.21 Å². The van der Waals surface area contributed by atoms with Gasteiger partial charge in [-0.05, 0) is 59.0 Å². The van der Waals surface area contributed by atoms with Crippen molar-refractivity contribution >= 4 is 22.6 Å². The molecule has 1 N–H and O–H groups in total. The number of nitrogens with one attached hydrogen (secondary N) is 1. The monoisotopic (exact) mass is 285 g/mol. The topological polar surface area (TPSA) is 23.9 Å². The first-order valence-corrected chi connectivity index (χ1v) is 7.49. The van der Waals surface area contributed by atoms with E-state index in [1.807, 2.05) is 13.0 Å². The molecule has 3 aromatic rings. The van der Waals surface area contributed by atoms with Crippen LogP contribution in [0.2, 0.25) is 0 Å². The SMILES string of the molecule is C/C=C(\C=N)c1ccc2cc(-c3cccc(C)c3)ccc2c1. The van der Waals surface area contributed by atoms with Crippen molar-refractivity contribution in [3.8, 4) is 11.1 Å². The van der Waals surface area contributed by atoms with E-state index >= 15 is 0 Å². The predicted molar refractivity (Wildman–Crippen MR) is 96.6 cm³/mol. The van der Waals surface area contributed by atoms with Crippen LogP contribution in [0.1, 0.15) is 18.1 Å². The molecule has 3 aromatic carbocycles. The van der Waals surface area contributed by atoms with Crippen molar-refractivity contribution in [1.29, 1.82) is 5.41 Å². The summed E-state index contributed by atoms with van der Waals surface area (Å²) in [6.45, 7) is 4.08. The second kappa shape index (κ2) is 5.98. The smallest absolute Gasteiger partial charge is 0.0253 e. The number of aryl methyl sites for hydroxylation is 1. The Balaban J connectivity index is 2.08. The van der Waals surface area contributed by atoms with Gasteiger partial charge in [0.05, 0.1) is 0 Å². The predicted octanol–water partition coefficient (Wildman–Crippen LogP) is 5.87. The van der Waals surface area contributed by atoms with E-state index in [1.165, 1.54) is 33.7 Å². The van der Waals surface area contributed by atoms with Crippen molar-refractivity contribution in [1.82, 2.24) is 0 Å². The number of benzene rings is 3. The highest BCUT2D eigenvalue weighted by atomic mass is 14.3. The number of allylic oxidation sites excluding steroid dienone is 2. The van der Waals surface area contributed by atoms with Crippen LogP contribution < -0.4 is 0 Å². The van der Waals surface area contributed by atoms with Crippen LogP contribution in [0.3, 0.4) is 0 Å². The van der Waals surface area contributed by atoms with Crippen molar-refractivity contribution in [2.45, 2.75) is 13.8 Å². The Morgan fingerprint density at radius 1 is 0.864 bits per heavy atom. The first kappa shape index (κ1) is 14.3. The lowest BCUT2D eigenvalue weighted by Crippen LogP contribution is -1.86. The number of fused-ring (bicyclic) bond motifs is 1. The quantitative estimate of drug-likeness (QED) is 0.582. The lowest BCUT2D eigenvalue weighted by molar-refractivity contribution is 1.47. The largest absolute Gasteiger partial charge is 0.308 e. The molecule has 22 heavy (non-hydrogen) atoms. The summed E-state index contributed by atoms with van der Waals surface area (Å²) in [5.41, 5.74) is 5.80. The Morgan fingerprint density at radius 2 is 1.59 bits per heavy atom. The molecule has 0 saturated heterocycles. The number of rotatable bonds is 3. The van der Waals surface area contributed by atoms with Crippen LogP contribution in [0.15, 0.2) is 66.7 Å². The second-order valence-electron chi connectivity index (χ2n) is 5.53. The maximum absolute atomic E-state index is 7.48. The molecule has 0 aliphatic carbocycles. The van der Waals surface area contributed by atoms with Gasteiger partial charge in [0.15, 0.2) is 0 Å². The fourth-order valence-electron chi connectivity index (χ4n) is 2.76. The molecule has 0 bridgehead atoms. The molecule has 0 fully saturated rings. The molecular formula is C21H19N. The van der Waals surface area contributed by atoms with Crippen LogP contribution in [0.5, 0.6) is 0 Å². The third-order valence-corrected chi connectivity index (χ3v) is 3.99. The summed E-state index contributed by atoms with van der Waals surface area (Å²) in [4.78, 5) is 0. The van der Waals surface area contributed by atoms with Crippen molar-refractivity contribution in [2.24, 2.45) is 0 Å². The van der Waals surface area contributed by atoms with E-state index in [9.17, 15) is 0 Å². The van der Waals surface area contributed by atoms with Gasteiger partial charge in [-0.15, -0.1) is 0 Å². The van der Waals surface area contributed by atoms with Crippen molar-refractivity contribution in [3.63, 3.8) is 0 Å². The summed E-state index contributed by atoms with van der Waals surface area (Å²) in [5.74, 6) is 0. The number of hydrogen-bond donors (Lipinski definition) is 1. The standard InChI is InChI=1S/C21H19N/c1-3-16(14-22)18-7-8-21-13-19(9-10-20(21)12-18)17-6-4-5-15(2)11-17/h3-14,22H,1-2H3/b16-3+,22-14?. The molecule has 1 heteroatoms. The molecule has 0 spiro atoms. The van der Waals surface area contributed by atoms with E-state index in [4.69, 9.17) is 5.41 Å². The Morgan fingerprint density at radius 3 is 2.32 bits per heavy atom. The minimum atomic E-state index is 0.949. The van der Waals surface area contributed by atoms with E-state index in [2.05, 4.69) is 67.6 Å². The van der Waals surface area contributed by atoms with Gasteiger partial charge in [0.25, 0.3) is 0 Å². The first-order chi connectivity index (χ1) is 10.7. The van der Waals surface area contributed by atoms with Gasteiger partial charge < -0.3 is 5.41 Å². The summed E-state index contributed by atoms with van der Waals surface area (Å²) >= 11 is 0. The minimum absolute atomic E-state index is 0.949. The van der Waals surface area contributed by atoms with Crippen molar-refractivity contribution in [3.05, 3.63) is 77.9 Å². The second-order valence-corrected chi connectivity index (χ2v) is 5.53. The normalized spacial score (nSPS) is 11.6. The van der Waals surface area contributed by atoms with Gasteiger partial charge in [-0.3, -0.25) is 0 Å². The van der Waals surface area contributed by atoms with Crippen LogP contribution in [0, 0.1) is 12.3 Å². The van der Waals surface area contributed by atoms with Crippen LogP contribution in [0.4, 0.5) is 0 Å². The van der Waals surface area contributed by atoms with Gasteiger partial charge in [-0.1, -0.05) is 60.2 Å². The highest BCUT2D eigenvalue weighted by Crippen LogP contribution is 2.27. The average Bonchev–Trinajstić information content (AvgIpc) is 2.55. The molecule has 0 unspecified atom stereocenters. The van der Waals surface area contributed by atoms with E-state index in [1.54, 1.807) is 0 Å². The molecule has 0 atom stereocenters. The molecular weight excluding hydrogens is 266 g/mol. The Bertz CT molecular complexity index is 872. The third kappa shape index (κ3) is 2.71. The van der Waals surface area contributed by atoms with Crippen LogP contribution in [-0.2, 0) is 0 Å². The zero-order valence-electron chi connectivity index (χ0n) is 12.9. The molecule has 0 radical (unpaired) electrons. The fraction of sp³-hybridized carbons (Fsp3) is 0.0952. The van der Waals surface area contributed by atoms with E-state index in [-0.39, 0.29) is 0 Å². The lowest BCUT2D eigenvalue weighted by Gasteiger charge is -2.07. The van der Waals surface area contributed by atoms with Crippen LogP contribution in [0.25, 0.3) is 27.5 Å². The van der Waals surface area contributed by atoms with Gasteiger partial charge in [0.1, 0.15) is 0 Å². The lowest BCUT2D eigenvalue weighted by atomic mass is 9.97. The third-order valence-electron chi connectivity index (χ3n) is 3.99. The molecule has 0 aliphatic heterocycles. The molecule has 0 heterocycles. The van der Waals surface area contributed by atoms with Crippen LogP contribution in [-0.4, -0.2) is 6.21 Å². The Labute approximate surface area is 131 Å². The summed E-state index contributed by atoms with van der Waals surface area (Å²) in [6.07, 6.45) is 3.37. The zero-order chi connectivity index (χ0) is 15.5. The average molecular weight is 285 g/mol. The van der Waals surface area contributed by atoms with E-state index < -0.39 is 0 Å². The first-order valence-electron chi connectivity index (χ1n) is 7.49. The Kier molecular flexibility index (Phi) is 3.88. The molecule has 0 aromatic heterocycles. The summed E-state index contributed by atoms with van der Waals surface area (Å²) < 4.78 is 0. The number of hydrogen-bond acceptors (Lipinski definition) is 1. The maximum Gasteiger partial charge on any atom is 0.0253 e. The van der Waals surface area contributed by atoms with E-state index in [0.717, 1.165) is 11.1 Å². The molecule has 3 rings (SSSR count). The molecule has 108 valence electrons. The van der Waals surface area contributed by atoms with Crippen LogP contribution >= 0.6 is 0 Å². The van der Waals surface area contributed by atoms with Gasteiger partial charge >= 0.3 is 0 Å². The Hall–Kier alpha value is -2.67. The fourth-order valence-corrected chi connectivity index (χ4v) is 2.76. The van der Waals surface area contributed by atoms with Gasteiger partial charge in [-0.2, -0.15) is 0 Å². The molecule has 0 saturated carbocycles. The van der Waals surface area contributed by atoms with Crippen molar-refractivity contribution < 1.29 is 0 Å². The minimum Gasteiger partial charge on any atom is -0.308 e. The summed E-state index contributed by atoms with van der Waals surface area (Å²) in [6, 6.07) is 21.5. The van der Waals surface area contributed by atoms with Gasteiger partial charge in [-0.25, -0.2) is 0 Å². The highest BCUT2D eigenvalue weighted by Gasteiger charge is 2.03. The summed E-state index contributed by atoms with van der Waals surface area (Å²) in [5, 5.41) is 9.91. The van der Waals surface area contributed by atoms with E-state index in [0.29, 0.717) is 0 Å². The summed E-state index contributed by atoms with van der Waals surface area (Å²) in [7, 11) is 0. The molecule has 1 nitrogen and oxygen atoms in total. The van der Waals surface area contributed by atoms with Gasteiger partial charge in [0.2, 0.25) is 0 Å². The van der Waals surface area contributed by atoms with Crippen molar-refractivity contribution in [2.75, 3.05) is 0 Å². The molecule has 0 aliphatic rings. The zero-order valence-corrected chi connectivity index (χ0v) is 12.9. The highest BCUT2D eigenvalue weighted by molar-refractivity contribution is 6.09. The molecule has 0 amide bonds.